The van der Waals surface area contributed by atoms with Crippen molar-refractivity contribution in [3.63, 3.8) is 0 Å². The molecule has 3 N–H and O–H groups in total. The van der Waals surface area contributed by atoms with E-state index in [1.54, 1.807) is 6.20 Å². The normalized spacial score (nSPS) is 12.4. The van der Waals surface area contributed by atoms with Gasteiger partial charge in [0.05, 0.1) is 0 Å². The van der Waals surface area contributed by atoms with Crippen LogP contribution in [-0.2, 0) is 6.54 Å². The monoisotopic (exact) mass is 277 g/mol. The molecule has 1 aromatic heterocycles. The molecule has 0 unspecified atom stereocenters. The zero-order valence-electron chi connectivity index (χ0n) is 12.1. The maximum atomic E-state index is 5.70. The van der Waals surface area contributed by atoms with Crippen molar-refractivity contribution in [1.29, 1.82) is 0 Å². The first kappa shape index (κ1) is 13.6. The van der Waals surface area contributed by atoms with E-state index in [0.717, 1.165) is 12.1 Å². The molecule has 1 atom stereocenters. The number of nitrogens with two attached hydrogens (primary N) is 1. The third kappa shape index (κ3) is 3.20. The quantitative estimate of drug-likeness (QED) is 0.765. The number of aromatic nitrogens is 1. The molecule has 0 saturated heterocycles. The molecule has 0 aliphatic carbocycles. The fourth-order valence-electron chi connectivity index (χ4n) is 2.47. The SMILES string of the molecule is C[C@@H](NCc1ccnc(N)c1)c1ccc2ccccc2c1. The van der Waals surface area contributed by atoms with Crippen LogP contribution in [-0.4, -0.2) is 4.98 Å². The van der Waals surface area contributed by atoms with Crippen molar-refractivity contribution in [1.82, 2.24) is 10.3 Å². The summed E-state index contributed by atoms with van der Waals surface area (Å²) in [6.07, 6.45) is 1.74. The van der Waals surface area contributed by atoms with Crippen molar-refractivity contribution in [2.75, 3.05) is 5.73 Å². The molecule has 21 heavy (non-hydrogen) atoms. The summed E-state index contributed by atoms with van der Waals surface area (Å²) in [6.45, 7) is 2.95. The van der Waals surface area contributed by atoms with E-state index in [2.05, 4.69) is 59.7 Å². The van der Waals surface area contributed by atoms with Gasteiger partial charge < -0.3 is 11.1 Å². The third-order valence-corrected chi connectivity index (χ3v) is 3.73. The van der Waals surface area contributed by atoms with Crippen LogP contribution >= 0.6 is 0 Å². The van der Waals surface area contributed by atoms with Crippen LogP contribution in [0.5, 0.6) is 0 Å². The van der Waals surface area contributed by atoms with Gasteiger partial charge in [-0.1, -0.05) is 36.4 Å². The van der Waals surface area contributed by atoms with Gasteiger partial charge in [-0.3, -0.25) is 0 Å². The molecule has 3 heteroatoms. The number of fused-ring (bicyclic) bond motifs is 1. The minimum Gasteiger partial charge on any atom is -0.384 e. The molecule has 1 heterocycles. The lowest BCUT2D eigenvalue weighted by Crippen LogP contribution is -2.18. The summed E-state index contributed by atoms with van der Waals surface area (Å²) in [4.78, 5) is 4.01. The van der Waals surface area contributed by atoms with Gasteiger partial charge in [0.25, 0.3) is 0 Å². The second-order valence-electron chi connectivity index (χ2n) is 5.30. The average molecular weight is 277 g/mol. The highest BCUT2D eigenvalue weighted by atomic mass is 14.9. The molecule has 0 saturated carbocycles. The van der Waals surface area contributed by atoms with Gasteiger partial charge in [-0.2, -0.15) is 0 Å². The van der Waals surface area contributed by atoms with Gasteiger partial charge >= 0.3 is 0 Å². The van der Waals surface area contributed by atoms with Crippen LogP contribution in [0.3, 0.4) is 0 Å². The molecule has 0 bridgehead atoms. The molecule has 0 spiro atoms. The molecule has 3 aromatic rings. The number of pyridine rings is 1. The minimum absolute atomic E-state index is 0.281. The summed E-state index contributed by atoms with van der Waals surface area (Å²) < 4.78 is 0. The van der Waals surface area contributed by atoms with E-state index in [-0.39, 0.29) is 6.04 Å². The number of anilines is 1. The number of hydrogen-bond donors (Lipinski definition) is 2. The summed E-state index contributed by atoms with van der Waals surface area (Å²) in [5.41, 5.74) is 8.14. The highest BCUT2D eigenvalue weighted by Crippen LogP contribution is 2.20. The lowest BCUT2D eigenvalue weighted by atomic mass is 10.0. The first-order valence-corrected chi connectivity index (χ1v) is 7.15. The molecule has 3 nitrogen and oxygen atoms in total. The molecule has 0 radical (unpaired) electrons. The Morgan fingerprint density at radius 3 is 2.67 bits per heavy atom. The van der Waals surface area contributed by atoms with Gasteiger partial charge in [0.15, 0.2) is 0 Å². The highest BCUT2D eigenvalue weighted by molar-refractivity contribution is 5.83. The summed E-state index contributed by atoms with van der Waals surface area (Å²) >= 11 is 0. The Labute approximate surface area is 124 Å². The van der Waals surface area contributed by atoms with Crippen LogP contribution < -0.4 is 11.1 Å². The number of nitrogen functional groups attached to an aromatic ring is 1. The fourth-order valence-corrected chi connectivity index (χ4v) is 2.47. The van der Waals surface area contributed by atoms with Crippen LogP contribution in [0.2, 0.25) is 0 Å². The van der Waals surface area contributed by atoms with Gasteiger partial charge in [0, 0.05) is 18.8 Å². The van der Waals surface area contributed by atoms with E-state index >= 15 is 0 Å². The van der Waals surface area contributed by atoms with E-state index < -0.39 is 0 Å². The van der Waals surface area contributed by atoms with E-state index in [4.69, 9.17) is 5.73 Å². The van der Waals surface area contributed by atoms with Crippen LogP contribution in [0.1, 0.15) is 24.1 Å². The third-order valence-electron chi connectivity index (χ3n) is 3.73. The predicted molar refractivity (Wildman–Crippen MR) is 87.9 cm³/mol. The second kappa shape index (κ2) is 5.94. The Morgan fingerprint density at radius 2 is 1.86 bits per heavy atom. The predicted octanol–water partition coefficient (Wildman–Crippen LogP) is 3.67. The Balaban J connectivity index is 1.73. The Hall–Kier alpha value is -2.39. The molecule has 0 aliphatic heterocycles. The van der Waals surface area contributed by atoms with Crippen molar-refractivity contribution in [2.24, 2.45) is 0 Å². The Morgan fingerprint density at radius 1 is 1.05 bits per heavy atom. The van der Waals surface area contributed by atoms with E-state index in [0.29, 0.717) is 5.82 Å². The molecular formula is C18H19N3. The van der Waals surface area contributed by atoms with Crippen LogP contribution in [0.25, 0.3) is 10.8 Å². The number of nitrogens with one attached hydrogen (secondary N) is 1. The van der Waals surface area contributed by atoms with Crippen molar-refractivity contribution in [2.45, 2.75) is 19.5 Å². The maximum Gasteiger partial charge on any atom is 0.123 e. The highest BCUT2D eigenvalue weighted by Gasteiger charge is 2.06. The van der Waals surface area contributed by atoms with Crippen molar-refractivity contribution >= 4 is 16.6 Å². The molecule has 2 aromatic carbocycles. The van der Waals surface area contributed by atoms with Gasteiger partial charge in [-0.25, -0.2) is 4.98 Å². The number of nitrogens with zero attached hydrogens (tertiary/aromatic N) is 1. The summed E-state index contributed by atoms with van der Waals surface area (Å²) in [7, 11) is 0. The summed E-state index contributed by atoms with van der Waals surface area (Å²) in [5.74, 6) is 0.563. The van der Waals surface area contributed by atoms with Gasteiger partial charge in [-0.15, -0.1) is 0 Å². The maximum absolute atomic E-state index is 5.70. The van der Waals surface area contributed by atoms with Crippen LogP contribution in [0.15, 0.2) is 60.8 Å². The lowest BCUT2D eigenvalue weighted by molar-refractivity contribution is 0.575. The zero-order chi connectivity index (χ0) is 14.7. The molecular weight excluding hydrogens is 258 g/mol. The second-order valence-corrected chi connectivity index (χ2v) is 5.30. The van der Waals surface area contributed by atoms with Gasteiger partial charge in [-0.05, 0) is 47.0 Å². The van der Waals surface area contributed by atoms with Crippen LogP contribution in [0, 0.1) is 0 Å². The number of rotatable bonds is 4. The molecule has 106 valence electrons. The standard InChI is InChI=1S/C18H19N3/c1-13(21-12-14-8-9-20-18(19)10-14)16-7-6-15-4-2-3-5-17(15)11-16/h2-11,13,21H,12H2,1H3,(H2,19,20)/t13-/m1/s1. The molecule has 3 rings (SSSR count). The zero-order valence-corrected chi connectivity index (χ0v) is 12.1. The van der Waals surface area contributed by atoms with Crippen LogP contribution in [0.4, 0.5) is 5.82 Å². The average Bonchev–Trinajstić information content (AvgIpc) is 2.52. The topological polar surface area (TPSA) is 50.9 Å². The van der Waals surface area contributed by atoms with Crippen molar-refractivity contribution in [3.8, 4) is 0 Å². The molecule has 0 fully saturated rings. The number of benzene rings is 2. The van der Waals surface area contributed by atoms with E-state index in [1.807, 2.05) is 12.1 Å². The first-order valence-electron chi connectivity index (χ1n) is 7.15. The summed E-state index contributed by atoms with van der Waals surface area (Å²) in [5, 5.41) is 6.07. The smallest absolute Gasteiger partial charge is 0.123 e. The Bertz CT molecular complexity index is 752. The van der Waals surface area contributed by atoms with Gasteiger partial charge in [0.2, 0.25) is 0 Å². The van der Waals surface area contributed by atoms with Crippen molar-refractivity contribution < 1.29 is 0 Å². The molecule has 0 aliphatic rings. The lowest BCUT2D eigenvalue weighted by Gasteiger charge is -2.15. The number of hydrogen-bond acceptors (Lipinski definition) is 3. The first-order chi connectivity index (χ1) is 10.2. The Kier molecular flexibility index (Phi) is 3.84. The van der Waals surface area contributed by atoms with Crippen molar-refractivity contribution in [3.05, 3.63) is 71.9 Å². The fraction of sp³-hybridized carbons (Fsp3) is 0.167. The van der Waals surface area contributed by atoms with E-state index in [9.17, 15) is 0 Å². The van der Waals surface area contributed by atoms with Gasteiger partial charge in [0.1, 0.15) is 5.82 Å². The van der Waals surface area contributed by atoms with E-state index in [1.165, 1.54) is 16.3 Å². The summed E-state index contributed by atoms with van der Waals surface area (Å²) in [6, 6.07) is 19.2. The molecule has 0 amide bonds. The largest absolute Gasteiger partial charge is 0.384 e. The minimum atomic E-state index is 0.281.